The van der Waals surface area contributed by atoms with Gasteiger partial charge in [-0.3, -0.25) is 14.9 Å². The Labute approximate surface area is 207 Å². The Bertz CT molecular complexity index is 1270. The number of ether oxygens (including phenoxy) is 3. The number of aromatic nitrogens is 1. The van der Waals surface area contributed by atoms with E-state index in [4.69, 9.17) is 14.2 Å². The van der Waals surface area contributed by atoms with E-state index in [1.54, 1.807) is 12.1 Å². The van der Waals surface area contributed by atoms with E-state index in [1.807, 2.05) is 22.4 Å². The molecule has 0 saturated heterocycles. The van der Waals surface area contributed by atoms with E-state index in [9.17, 15) is 9.59 Å². The van der Waals surface area contributed by atoms with Gasteiger partial charge in [-0.15, -0.1) is 11.3 Å². The molecule has 1 unspecified atom stereocenters. The third kappa shape index (κ3) is 4.32. The van der Waals surface area contributed by atoms with Gasteiger partial charge in [0.2, 0.25) is 11.7 Å². The predicted octanol–water partition coefficient (Wildman–Crippen LogP) is 4.78. The summed E-state index contributed by atoms with van der Waals surface area (Å²) in [4.78, 5) is 32.2. The van der Waals surface area contributed by atoms with Crippen LogP contribution < -0.4 is 24.4 Å². The average molecular weight is 494 g/mol. The van der Waals surface area contributed by atoms with Crippen molar-refractivity contribution < 1.29 is 23.8 Å². The molecule has 1 aliphatic heterocycles. The van der Waals surface area contributed by atoms with E-state index >= 15 is 0 Å². The number of benzene rings is 2. The molecule has 1 fully saturated rings. The van der Waals surface area contributed by atoms with E-state index in [-0.39, 0.29) is 23.8 Å². The van der Waals surface area contributed by atoms with Gasteiger partial charge in [-0.1, -0.05) is 6.07 Å². The van der Waals surface area contributed by atoms with Crippen molar-refractivity contribution in [1.82, 2.24) is 4.98 Å². The number of nitrogens with zero attached hydrogens (tertiary/aromatic N) is 2. The van der Waals surface area contributed by atoms with Gasteiger partial charge < -0.3 is 19.1 Å². The van der Waals surface area contributed by atoms with Crippen molar-refractivity contribution in [2.24, 2.45) is 5.92 Å². The molecule has 2 aliphatic rings. The molecule has 0 spiro atoms. The molecule has 1 atom stereocenters. The largest absolute Gasteiger partial charge is 0.493 e. The van der Waals surface area contributed by atoms with Crippen LogP contribution in [0.25, 0.3) is 11.3 Å². The van der Waals surface area contributed by atoms with Gasteiger partial charge in [0.25, 0.3) is 5.91 Å². The number of hydrogen-bond donors (Lipinski definition) is 1. The lowest BCUT2D eigenvalue weighted by atomic mass is 10.1. The van der Waals surface area contributed by atoms with Crippen molar-refractivity contribution in [3.8, 4) is 28.5 Å². The Hall–Kier alpha value is -3.59. The van der Waals surface area contributed by atoms with Crippen molar-refractivity contribution in [2.45, 2.75) is 32.2 Å². The molecule has 182 valence electrons. The molecule has 2 heterocycles. The standard InChI is InChI=1S/C26H27N3O5S/c1-14-9-17-10-16(7-8-20(17)29(14)25(31)15-5-6-15)19-13-35-26(27-19)28-24(30)18-11-21(32-2)23(34-4)22(12-18)33-3/h7-8,10-15H,5-6,9H2,1-4H3,(H,27,28,30). The van der Waals surface area contributed by atoms with Crippen LogP contribution in [0.5, 0.6) is 17.2 Å². The number of rotatable bonds is 7. The third-order valence-electron chi connectivity index (χ3n) is 6.41. The van der Waals surface area contributed by atoms with Crippen LogP contribution in [0, 0.1) is 5.92 Å². The summed E-state index contributed by atoms with van der Waals surface area (Å²) in [5.74, 6) is 1.33. The topological polar surface area (TPSA) is 90.0 Å². The van der Waals surface area contributed by atoms with Crippen molar-refractivity contribution in [2.75, 3.05) is 31.5 Å². The molecule has 9 heteroatoms. The summed E-state index contributed by atoms with van der Waals surface area (Å²) in [6.07, 6.45) is 2.83. The van der Waals surface area contributed by atoms with Crippen molar-refractivity contribution in [1.29, 1.82) is 0 Å². The lowest BCUT2D eigenvalue weighted by Gasteiger charge is -2.22. The smallest absolute Gasteiger partial charge is 0.257 e. The van der Waals surface area contributed by atoms with Gasteiger partial charge in [0.1, 0.15) is 0 Å². The summed E-state index contributed by atoms with van der Waals surface area (Å²) in [5.41, 5.74) is 4.26. The molecule has 2 aromatic carbocycles. The van der Waals surface area contributed by atoms with Crippen molar-refractivity contribution >= 4 is 34.0 Å². The Morgan fingerprint density at radius 1 is 1.06 bits per heavy atom. The summed E-state index contributed by atoms with van der Waals surface area (Å²) < 4.78 is 16.0. The van der Waals surface area contributed by atoms with Crippen LogP contribution in [0.3, 0.4) is 0 Å². The second-order valence-electron chi connectivity index (χ2n) is 8.79. The monoisotopic (exact) mass is 493 g/mol. The number of methoxy groups -OCH3 is 3. The fourth-order valence-corrected chi connectivity index (χ4v) is 5.21. The number of thiazole rings is 1. The minimum Gasteiger partial charge on any atom is -0.493 e. The first-order valence-corrected chi connectivity index (χ1v) is 12.3. The number of anilines is 2. The minimum atomic E-state index is -0.331. The maximum Gasteiger partial charge on any atom is 0.257 e. The molecule has 1 N–H and O–H groups in total. The van der Waals surface area contributed by atoms with Gasteiger partial charge >= 0.3 is 0 Å². The molecular formula is C26H27N3O5S. The first kappa shape index (κ1) is 23.2. The Morgan fingerprint density at radius 2 is 1.77 bits per heavy atom. The van der Waals surface area contributed by atoms with Gasteiger partial charge in [0, 0.05) is 34.2 Å². The highest BCUT2D eigenvalue weighted by atomic mass is 32.1. The fraction of sp³-hybridized carbons (Fsp3) is 0.346. The highest BCUT2D eigenvalue weighted by molar-refractivity contribution is 7.14. The van der Waals surface area contributed by atoms with Gasteiger partial charge in [0.05, 0.1) is 27.0 Å². The maximum absolute atomic E-state index is 12.9. The number of amides is 2. The molecule has 35 heavy (non-hydrogen) atoms. The fourth-order valence-electron chi connectivity index (χ4n) is 4.50. The molecule has 5 rings (SSSR count). The second-order valence-corrected chi connectivity index (χ2v) is 9.64. The zero-order chi connectivity index (χ0) is 24.7. The quantitative estimate of drug-likeness (QED) is 0.510. The number of nitrogens with one attached hydrogen (secondary N) is 1. The number of carbonyl (C=O) groups excluding carboxylic acids is 2. The molecule has 3 aromatic rings. The van der Waals surface area contributed by atoms with E-state index in [0.29, 0.717) is 27.9 Å². The van der Waals surface area contributed by atoms with Gasteiger partial charge in [0.15, 0.2) is 16.6 Å². The van der Waals surface area contributed by atoms with Crippen molar-refractivity contribution in [3.05, 3.63) is 46.8 Å². The van der Waals surface area contributed by atoms with Crippen LogP contribution in [-0.4, -0.2) is 44.2 Å². The summed E-state index contributed by atoms with van der Waals surface area (Å²) in [6.45, 7) is 2.10. The summed E-state index contributed by atoms with van der Waals surface area (Å²) >= 11 is 1.35. The summed E-state index contributed by atoms with van der Waals surface area (Å²) in [5, 5.41) is 5.25. The van der Waals surface area contributed by atoms with Gasteiger partial charge in [-0.25, -0.2) is 4.98 Å². The molecule has 0 radical (unpaired) electrons. The lowest BCUT2D eigenvalue weighted by molar-refractivity contribution is -0.120. The van der Waals surface area contributed by atoms with E-state index in [0.717, 1.165) is 41.8 Å². The van der Waals surface area contributed by atoms with E-state index in [1.165, 1.54) is 32.7 Å². The third-order valence-corrected chi connectivity index (χ3v) is 7.16. The highest BCUT2D eigenvalue weighted by Gasteiger charge is 2.39. The van der Waals surface area contributed by atoms with Crippen LogP contribution in [0.2, 0.25) is 0 Å². The molecule has 2 amide bonds. The Balaban J connectivity index is 1.34. The molecule has 1 aliphatic carbocycles. The molecule has 0 bridgehead atoms. The molecule has 1 aromatic heterocycles. The zero-order valence-corrected chi connectivity index (χ0v) is 20.9. The predicted molar refractivity (Wildman–Crippen MR) is 135 cm³/mol. The van der Waals surface area contributed by atoms with Crippen LogP contribution in [-0.2, 0) is 11.2 Å². The minimum absolute atomic E-state index is 0.164. The van der Waals surface area contributed by atoms with Crippen LogP contribution in [0.15, 0.2) is 35.7 Å². The van der Waals surface area contributed by atoms with Gasteiger partial charge in [-0.05, 0) is 56.0 Å². The van der Waals surface area contributed by atoms with Crippen LogP contribution in [0.1, 0.15) is 35.7 Å². The lowest BCUT2D eigenvalue weighted by Crippen LogP contribution is -2.36. The second kappa shape index (κ2) is 9.22. The molecule has 1 saturated carbocycles. The summed E-state index contributed by atoms with van der Waals surface area (Å²) in [6, 6.07) is 9.47. The number of hydrogen-bond acceptors (Lipinski definition) is 7. The van der Waals surface area contributed by atoms with Gasteiger partial charge in [-0.2, -0.15) is 0 Å². The van der Waals surface area contributed by atoms with E-state index < -0.39 is 0 Å². The van der Waals surface area contributed by atoms with Crippen molar-refractivity contribution in [3.63, 3.8) is 0 Å². The van der Waals surface area contributed by atoms with Crippen LogP contribution >= 0.6 is 11.3 Å². The Kier molecular flexibility index (Phi) is 6.10. The highest BCUT2D eigenvalue weighted by Crippen LogP contribution is 2.41. The normalized spacial score (nSPS) is 16.6. The first-order valence-electron chi connectivity index (χ1n) is 11.5. The number of carbonyl (C=O) groups is 2. The average Bonchev–Trinajstić information content (AvgIpc) is 3.53. The molecular weight excluding hydrogens is 466 g/mol. The maximum atomic E-state index is 12.9. The van der Waals surface area contributed by atoms with E-state index in [2.05, 4.69) is 23.3 Å². The first-order chi connectivity index (χ1) is 16.9. The number of fused-ring (bicyclic) bond motifs is 1. The van der Waals surface area contributed by atoms with Crippen LogP contribution in [0.4, 0.5) is 10.8 Å². The molecule has 8 nitrogen and oxygen atoms in total. The summed E-state index contributed by atoms with van der Waals surface area (Å²) in [7, 11) is 4.52. The SMILES string of the molecule is COc1cc(C(=O)Nc2nc(-c3ccc4c(c3)CC(C)N4C(=O)C3CC3)cs2)cc(OC)c1OC. The zero-order valence-electron chi connectivity index (χ0n) is 20.1. The Morgan fingerprint density at radius 3 is 2.40 bits per heavy atom.